The molecule has 0 fully saturated rings. The molecule has 0 saturated heterocycles. The van der Waals surface area contributed by atoms with Crippen LogP contribution in [0.1, 0.15) is 12.5 Å². The van der Waals surface area contributed by atoms with Gasteiger partial charge in [-0.05, 0) is 6.92 Å². The number of hydrogen-bond acceptors (Lipinski definition) is 1. The maximum atomic E-state index is 5.46. The first-order chi connectivity index (χ1) is 4.83. The molecule has 0 bridgehead atoms. The van der Waals surface area contributed by atoms with E-state index in [0.717, 1.165) is 5.56 Å². The molecule has 2 radical (unpaired) electrons. The van der Waals surface area contributed by atoms with Gasteiger partial charge in [0.15, 0.2) is 0 Å². The van der Waals surface area contributed by atoms with E-state index < -0.39 is 0 Å². The van der Waals surface area contributed by atoms with Crippen LogP contribution in [0.2, 0.25) is 0 Å². The molecular weight excluding hydrogens is 121 g/mol. The van der Waals surface area contributed by atoms with E-state index in [1.54, 1.807) is 25.4 Å². The number of nitrogens with zero attached hydrogens (tertiary/aromatic N) is 1. The minimum atomic E-state index is 0.653. The second kappa shape index (κ2) is 3.07. The molecule has 1 aromatic heterocycles. The first kappa shape index (κ1) is 6.89. The van der Waals surface area contributed by atoms with Crippen LogP contribution in [-0.2, 0) is 0 Å². The molecule has 0 unspecified atom stereocenters. The first-order valence-electron chi connectivity index (χ1n) is 2.96. The Kier molecular flexibility index (Phi) is 2.12. The lowest BCUT2D eigenvalue weighted by molar-refractivity contribution is 1.33. The van der Waals surface area contributed by atoms with Gasteiger partial charge in [-0.25, -0.2) is 0 Å². The Morgan fingerprint density at radius 3 is 2.90 bits per heavy atom. The highest BCUT2D eigenvalue weighted by Crippen LogP contribution is 1.88. The van der Waals surface area contributed by atoms with Gasteiger partial charge >= 0.3 is 0 Å². The van der Waals surface area contributed by atoms with Gasteiger partial charge in [0, 0.05) is 18.0 Å². The number of aromatic nitrogens is 1. The van der Waals surface area contributed by atoms with E-state index in [2.05, 4.69) is 16.8 Å². The van der Waals surface area contributed by atoms with Crippen LogP contribution >= 0.6 is 0 Å². The summed E-state index contributed by atoms with van der Waals surface area (Å²) in [4.78, 5) is 3.88. The second-order valence-electron chi connectivity index (χ2n) is 1.88. The fourth-order valence-electron chi connectivity index (χ4n) is 0.670. The van der Waals surface area contributed by atoms with E-state index in [-0.39, 0.29) is 0 Å². The van der Waals surface area contributed by atoms with Gasteiger partial charge in [0.2, 0.25) is 0 Å². The van der Waals surface area contributed by atoms with Crippen LogP contribution in [0, 0.1) is 11.8 Å². The molecule has 1 rings (SSSR count). The highest BCUT2D eigenvalue weighted by molar-refractivity contribution is 6.32. The maximum absolute atomic E-state index is 5.46. The number of rotatable bonds is 0. The van der Waals surface area contributed by atoms with Crippen LogP contribution in [0.3, 0.4) is 0 Å². The van der Waals surface area contributed by atoms with Crippen molar-refractivity contribution in [3.8, 4) is 11.8 Å². The van der Waals surface area contributed by atoms with Crippen molar-refractivity contribution in [1.82, 2.24) is 4.98 Å². The fraction of sp³-hybridized carbons (Fsp3) is 0.125. The predicted octanol–water partition coefficient (Wildman–Crippen LogP) is 0.247. The van der Waals surface area contributed by atoms with E-state index in [0.29, 0.717) is 5.46 Å². The van der Waals surface area contributed by atoms with Gasteiger partial charge in [-0.2, -0.15) is 0 Å². The van der Waals surface area contributed by atoms with Crippen molar-refractivity contribution >= 4 is 13.3 Å². The Morgan fingerprint density at radius 2 is 2.30 bits per heavy atom. The van der Waals surface area contributed by atoms with Gasteiger partial charge in [0.1, 0.15) is 7.85 Å². The SMILES string of the molecule is [B]c1cncc(C#CC)c1. The van der Waals surface area contributed by atoms with E-state index in [4.69, 9.17) is 7.85 Å². The zero-order valence-electron chi connectivity index (χ0n) is 5.76. The van der Waals surface area contributed by atoms with Crippen LogP contribution in [0.15, 0.2) is 18.5 Å². The summed E-state index contributed by atoms with van der Waals surface area (Å²) < 4.78 is 0. The van der Waals surface area contributed by atoms with Gasteiger partial charge in [-0.1, -0.05) is 17.4 Å². The van der Waals surface area contributed by atoms with Crippen LogP contribution in [0.4, 0.5) is 0 Å². The lowest BCUT2D eigenvalue weighted by atomic mass is 9.97. The average Bonchev–Trinajstić information content (AvgIpc) is 1.88. The first-order valence-corrected chi connectivity index (χ1v) is 2.96. The zero-order valence-corrected chi connectivity index (χ0v) is 5.76. The molecule has 2 heteroatoms. The van der Waals surface area contributed by atoms with E-state index in [9.17, 15) is 0 Å². The monoisotopic (exact) mass is 127 g/mol. The molecule has 0 aromatic carbocycles. The van der Waals surface area contributed by atoms with Crippen molar-refractivity contribution in [2.24, 2.45) is 0 Å². The van der Waals surface area contributed by atoms with Crippen molar-refractivity contribution < 1.29 is 0 Å². The minimum Gasteiger partial charge on any atom is -0.264 e. The predicted molar refractivity (Wildman–Crippen MR) is 42.2 cm³/mol. The molecular formula is C8H6BN. The molecule has 0 aliphatic heterocycles. The van der Waals surface area contributed by atoms with E-state index >= 15 is 0 Å². The summed E-state index contributed by atoms with van der Waals surface area (Å²) >= 11 is 0. The van der Waals surface area contributed by atoms with Gasteiger partial charge in [-0.3, -0.25) is 4.98 Å². The molecule has 10 heavy (non-hydrogen) atoms. The molecule has 0 saturated carbocycles. The summed E-state index contributed by atoms with van der Waals surface area (Å²) in [7, 11) is 5.46. The Labute approximate surface area is 61.9 Å². The highest BCUT2D eigenvalue weighted by Gasteiger charge is 1.85. The van der Waals surface area contributed by atoms with Crippen molar-refractivity contribution in [1.29, 1.82) is 0 Å². The van der Waals surface area contributed by atoms with Gasteiger partial charge < -0.3 is 0 Å². The summed E-state index contributed by atoms with van der Waals surface area (Å²) in [5, 5.41) is 0. The third-order valence-corrected chi connectivity index (χ3v) is 1.03. The molecule has 0 atom stereocenters. The summed E-state index contributed by atoms with van der Waals surface area (Å²) in [6.07, 6.45) is 3.29. The third-order valence-electron chi connectivity index (χ3n) is 1.03. The summed E-state index contributed by atoms with van der Waals surface area (Å²) in [5.41, 5.74) is 1.52. The lowest BCUT2D eigenvalue weighted by Gasteiger charge is -1.90. The molecule has 0 N–H and O–H groups in total. The molecule has 0 aliphatic carbocycles. The molecule has 46 valence electrons. The smallest absolute Gasteiger partial charge is 0.116 e. The molecule has 0 spiro atoms. The largest absolute Gasteiger partial charge is 0.264 e. The van der Waals surface area contributed by atoms with E-state index in [1.807, 2.05) is 0 Å². The Balaban J connectivity index is 3.03. The van der Waals surface area contributed by atoms with Crippen molar-refractivity contribution in [3.05, 3.63) is 24.0 Å². The van der Waals surface area contributed by atoms with Crippen LogP contribution in [0.5, 0.6) is 0 Å². The Bertz CT molecular complexity index is 283. The average molecular weight is 127 g/mol. The summed E-state index contributed by atoms with van der Waals surface area (Å²) in [6, 6.07) is 1.80. The summed E-state index contributed by atoms with van der Waals surface area (Å²) in [6.45, 7) is 1.78. The lowest BCUT2D eigenvalue weighted by Crippen LogP contribution is -2.02. The molecule has 0 aliphatic rings. The van der Waals surface area contributed by atoms with Gasteiger partial charge in [0.05, 0.1) is 0 Å². The van der Waals surface area contributed by atoms with Crippen LogP contribution < -0.4 is 5.46 Å². The molecule has 1 nitrogen and oxygen atoms in total. The standard InChI is InChI=1S/C8H6BN/c1-2-3-7-4-8(9)6-10-5-7/h4-6H,1H3. The third kappa shape index (κ3) is 1.63. The Hall–Kier alpha value is -1.23. The van der Waals surface area contributed by atoms with Crippen molar-refractivity contribution in [2.75, 3.05) is 0 Å². The van der Waals surface area contributed by atoms with E-state index in [1.165, 1.54) is 0 Å². The quantitative estimate of drug-likeness (QED) is 0.359. The van der Waals surface area contributed by atoms with Gasteiger partial charge in [0.25, 0.3) is 0 Å². The number of hydrogen-bond donors (Lipinski definition) is 0. The normalized spacial score (nSPS) is 8.10. The van der Waals surface area contributed by atoms with Crippen LogP contribution in [0.25, 0.3) is 0 Å². The molecule has 1 aromatic rings. The van der Waals surface area contributed by atoms with Crippen molar-refractivity contribution in [3.63, 3.8) is 0 Å². The van der Waals surface area contributed by atoms with Crippen molar-refractivity contribution in [2.45, 2.75) is 6.92 Å². The molecule has 1 heterocycles. The second-order valence-corrected chi connectivity index (χ2v) is 1.88. The topological polar surface area (TPSA) is 12.9 Å². The highest BCUT2D eigenvalue weighted by atomic mass is 14.6. The summed E-state index contributed by atoms with van der Waals surface area (Å²) in [5.74, 6) is 5.62. The minimum absolute atomic E-state index is 0.653. The fourth-order valence-corrected chi connectivity index (χ4v) is 0.670. The molecule has 0 amide bonds. The number of pyridine rings is 1. The Morgan fingerprint density at radius 1 is 1.50 bits per heavy atom. The maximum Gasteiger partial charge on any atom is 0.116 e. The zero-order chi connectivity index (χ0) is 7.40. The van der Waals surface area contributed by atoms with Crippen LogP contribution in [-0.4, -0.2) is 12.8 Å². The van der Waals surface area contributed by atoms with Gasteiger partial charge in [-0.15, -0.1) is 5.92 Å².